The molecule has 1 rings (SSSR count). The number of ether oxygens (including phenoxy) is 1. The maximum atomic E-state index is 10.7. The van der Waals surface area contributed by atoms with E-state index in [0.717, 1.165) is 0 Å². The molecule has 0 unspecified atom stereocenters. The van der Waals surface area contributed by atoms with Gasteiger partial charge in [-0.05, 0) is 24.3 Å². The minimum absolute atomic E-state index is 0.00546. The highest BCUT2D eigenvalue weighted by Crippen LogP contribution is 2.35. The molecule has 0 atom stereocenters. The van der Waals surface area contributed by atoms with Crippen LogP contribution in [0.15, 0.2) is 29.2 Å². The van der Waals surface area contributed by atoms with Crippen molar-refractivity contribution < 1.29 is 19.5 Å². The molecule has 0 amide bonds. The second kappa shape index (κ2) is 5.48. The van der Waals surface area contributed by atoms with Crippen LogP contribution in [-0.2, 0) is 0 Å². The highest BCUT2D eigenvalue weighted by atomic mass is 32.2. The molecule has 0 bridgehead atoms. The van der Waals surface area contributed by atoms with Crippen molar-refractivity contribution in [2.24, 2.45) is 0 Å². The van der Waals surface area contributed by atoms with Gasteiger partial charge in [0.15, 0.2) is 14.8 Å². The molecule has 10 nitrogen and oxygen atoms in total. The third kappa shape index (κ3) is 2.70. The first-order valence-electron chi connectivity index (χ1n) is 4.61. The van der Waals surface area contributed by atoms with Gasteiger partial charge in [-0.25, -0.2) is 0 Å². The van der Waals surface area contributed by atoms with E-state index in [0.29, 0.717) is 5.75 Å². The van der Waals surface area contributed by atoms with Crippen LogP contribution in [-0.4, -0.2) is 27.0 Å². The van der Waals surface area contributed by atoms with E-state index in [9.17, 15) is 30.3 Å². The average Bonchev–Trinajstić information content (AvgIpc) is 2.35. The summed E-state index contributed by atoms with van der Waals surface area (Å²) in [4.78, 5) is 27.5. The number of rotatable bonds is 6. The van der Waals surface area contributed by atoms with Crippen molar-refractivity contribution in [2.75, 3.05) is 7.11 Å². The lowest BCUT2D eigenvalue weighted by atomic mass is 10.3. The predicted molar refractivity (Wildman–Crippen MR) is 62.6 cm³/mol. The summed E-state index contributed by atoms with van der Waals surface area (Å²) in [6.45, 7) is 0. The second-order valence-electron chi connectivity index (χ2n) is 3.12. The number of methoxy groups -OCH3 is 1. The Hall–Kier alpha value is -2.43. The van der Waals surface area contributed by atoms with Crippen LogP contribution in [0.1, 0.15) is 0 Å². The van der Waals surface area contributed by atoms with Crippen molar-refractivity contribution >= 4 is 11.8 Å². The molecule has 0 spiro atoms. The van der Waals surface area contributed by atoms with E-state index in [1.165, 1.54) is 31.4 Å². The Kier molecular flexibility index (Phi) is 4.22. The lowest BCUT2D eigenvalue weighted by Gasteiger charge is -2.07. The molecule has 0 heterocycles. The minimum Gasteiger partial charge on any atom is -0.497 e. The second-order valence-corrected chi connectivity index (χ2v) is 4.35. The van der Waals surface area contributed by atoms with E-state index < -0.39 is 19.9 Å². The van der Waals surface area contributed by atoms with Crippen LogP contribution in [0.25, 0.3) is 0 Å². The summed E-state index contributed by atoms with van der Waals surface area (Å²) in [6.07, 6.45) is 0. The lowest BCUT2D eigenvalue weighted by Crippen LogP contribution is -2.50. The van der Waals surface area contributed by atoms with Crippen molar-refractivity contribution in [3.63, 3.8) is 0 Å². The lowest BCUT2D eigenvalue weighted by molar-refractivity contribution is -0.934. The molecule has 0 saturated heterocycles. The van der Waals surface area contributed by atoms with Gasteiger partial charge in [0.1, 0.15) is 17.5 Å². The molecule has 0 aliphatic heterocycles. The van der Waals surface area contributed by atoms with Gasteiger partial charge in [0, 0.05) is 4.90 Å². The van der Waals surface area contributed by atoms with E-state index in [2.05, 4.69) is 0 Å². The smallest absolute Gasteiger partial charge is 0.497 e. The fourth-order valence-corrected chi connectivity index (χ4v) is 1.93. The fraction of sp³-hybridized carbons (Fsp3) is 0.250. The van der Waals surface area contributed by atoms with Crippen LogP contribution in [0.5, 0.6) is 5.75 Å². The van der Waals surface area contributed by atoms with Crippen LogP contribution >= 0.6 is 11.8 Å². The predicted octanol–water partition coefficient (Wildman–Crippen LogP) is 1.23. The first-order valence-corrected chi connectivity index (χ1v) is 5.42. The van der Waals surface area contributed by atoms with Gasteiger partial charge in [0.05, 0.1) is 7.11 Å². The largest absolute Gasteiger partial charge is 0.758 e. The standard InChI is InChI=1S/C8H7N3O7S/c1-18-6-2-4-7(5-3-6)19-8(9(12)13,10(14)15)11(16)17/h2-5H,1H3. The van der Waals surface area contributed by atoms with Gasteiger partial charge in [0.2, 0.25) is 0 Å². The third-order valence-corrected chi connectivity index (χ3v) is 3.26. The zero-order valence-electron chi connectivity index (χ0n) is 9.42. The van der Waals surface area contributed by atoms with Crippen LogP contribution in [0.4, 0.5) is 0 Å². The highest BCUT2D eigenvalue weighted by Gasteiger charge is 2.72. The summed E-state index contributed by atoms with van der Waals surface area (Å²) in [7, 11) is 1.39. The van der Waals surface area contributed by atoms with Crippen molar-refractivity contribution in [2.45, 2.75) is 10.0 Å². The molecular formula is C8H7N3O7S. The zero-order valence-corrected chi connectivity index (χ0v) is 10.2. The van der Waals surface area contributed by atoms with Gasteiger partial charge in [-0.1, -0.05) is 0 Å². The monoisotopic (exact) mass is 289 g/mol. The Morgan fingerprint density at radius 3 is 1.74 bits per heavy atom. The molecule has 0 aliphatic rings. The molecule has 1 aromatic rings. The molecule has 0 fully saturated rings. The molecule has 19 heavy (non-hydrogen) atoms. The first-order chi connectivity index (χ1) is 8.84. The highest BCUT2D eigenvalue weighted by molar-refractivity contribution is 8.00. The van der Waals surface area contributed by atoms with E-state index >= 15 is 0 Å². The maximum Gasteiger partial charge on any atom is 0.758 e. The first kappa shape index (κ1) is 14.6. The summed E-state index contributed by atoms with van der Waals surface area (Å²) in [6, 6.07) is 5.28. The fourth-order valence-electron chi connectivity index (χ4n) is 1.11. The molecule has 0 aromatic heterocycles. The van der Waals surface area contributed by atoms with Crippen LogP contribution < -0.4 is 4.74 Å². The van der Waals surface area contributed by atoms with Gasteiger partial charge in [-0.2, -0.15) is 0 Å². The molecule has 1 aromatic carbocycles. The normalized spacial score (nSPS) is 10.8. The molecule has 102 valence electrons. The van der Waals surface area contributed by atoms with E-state index in [4.69, 9.17) is 4.74 Å². The van der Waals surface area contributed by atoms with Gasteiger partial charge in [-0.3, -0.25) is 30.3 Å². The Labute approximate surface area is 109 Å². The Morgan fingerprint density at radius 2 is 1.42 bits per heavy atom. The number of hydrogen-bond donors (Lipinski definition) is 0. The minimum atomic E-state index is -3.56. The molecule has 11 heteroatoms. The number of hydrogen-bond acceptors (Lipinski definition) is 8. The van der Waals surface area contributed by atoms with Gasteiger partial charge in [0.25, 0.3) is 0 Å². The SMILES string of the molecule is COc1ccc(SC([N+](=O)[O-])([N+](=O)[O-])[N+](=O)[O-])cc1. The number of nitro groups is 3. The number of thioether (sulfide) groups is 1. The molecular weight excluding hydrogens is 282 g/mol. The summed E-state index contributed by atoms with van der Waals surface area (Å²) in [5.74, 6) is 0.415. The Morgan fingerprint density at radius 1 is 1.00 bits per heavy atom. The molecule has 0 saturated carbocycles. The number of nitrogens with zero attached hydrogens (tertiary/aromatic N) is 3. The average molecular weight is 289 g/mol. The van der Waals surface area contributed by atoms with E-state index in [-0.39, 0.29) is 16.7 Å². The maximum absolute atomic E-state index is 10.7. The van der Waals surface area contributed by atoms with Crippen molar-refractivity contribution in [1.29, 1.82) is 0 Å². The van der Waals surface area contributed by atoms with Crippen LogP contribution in [0.3, 0.4) is 0 Å². The Bertz CT molecular complexity index is 482. The van der Waals surface area contributed by atoms with Gasteiger partial charge >= 0.3 is 5.12 Å². The zero-order chi connectivity index (χ0) is 14.6. The summed E-state index contributed by atoms with van der Waals surface area (Å²) in [5.41, 5.74) is 0. The quantitative estimate of drug-likeness (QED) is 0.329. The molecule has 0 radical (unpaired) electrons. The summed E-state index contributed by atoms with van der Waals surface area (Å²) >= 11 is -0.0731. The van der Waals surface area contributed by atoms with Crippen molar-refractivity contribution in [3.8, 4) is 5.75 Å². The molecule has 0 aliphatic carbocycles. The van der Waals surface area contributed by atoms with Crippen molar-refractivity contribution in [1.82, 2.24) is 0 Å². The van der Waals surface area contributed by atoms with Gasteiger partial charge < -0.3 is 4.74 Å². The number of benzene rings is 1. The third-order valence-electron chi connectivity index (χ3n) is 2.03. The topological polar surface area (TPSA) is 139 Å². The summed E-state index contributed by atoms with van der Waals surface area (Å²) in [5, 5.41) is 28.6. The van der Waals surface area contributed by atoms with E-state index in [1.54, 1.807) is 0 Å². The van der Waals surface area contributed by atoms with Crippen LogP contribution in [0.2, 0.25) is 0 Å². The van der Waals surface area contributed by atoms with E-state index in [1.807, 2.05) is 0 Å². The van der Waals surface area contributed by atoms with Gasteiger partial charge in [-0.15, -0.1) is 0 Å². The summed E-state index contributed by atoms with van der Waals surface area (Å²) < 4.78 is 4.83. The van der Waals surface area contributed by atoms with Crippen LogP contribution in [0, 0.1) is 30.3 Å². The Balaban J connectivity index is 3.17. The molecule has 0 N–H and O–H groups in total. The van der Waals surface area contributed by atoms with Crippen molar-refractivity contribution in [3.05, 3.63) is 54.6 Å².